The molecule has 0 N–H and O–H groups in total. The molecule has 11 aromatic carbocycles. The minimum absolute atomic E-state index is 0.479. The van der Waals surface area contributed by atoms with Gasteiger partial charge in [0.25, 0.3) is 0 Å². The Bertz CT molecular complexity index is 3430. The molecule has 0 aliphatic heterocycles. The third-order valence-corrected chi connectivity index (χ3v) is 13.4. The Hall–Kier alpha value is -7.54. The van der Waals surface area contributed by atoms with E-state index in [-0.39, 0.29) is 0 Å². The third-order valence-electron chi connectivity index (χ3n) is 13.4. The van der Waals surface area contributed by atoms with E-state index < -0.39 is 5.41 Å². The van der Waals surface area contributed by atoms with Crippen LogP contribution in [-0.2, 0) is 5.41 Å². The highest BCUT2D eigenvalue weighted by atomic mass is 14.5. The molecule has 59 heavy (non-hydrogen) atoms. The first-order valence-corrected chi connectivity index (χ1v) is 20.7. The summed E-state index contributed by atoms with van der Waals surface area (Å²) in [5.41, 5.74) is 17.8. The monoisotopic (exact) mass is 744 g/mol. The predicted molar refractivity (Wildman–Crippen MR) is 249 cm³/mol. The van der Waals surface area contributed by atoms with Gasteiger partial charge in [0.1, 0.15) is 0 Å². The highest BCUT2D eigenvalue weighted by Crippen LogP contribution is 2.65. The highest BCUT2D eigenvalue weighted by molar-refractivity contribution is 6.25. The second-order valence-corrected chi connectivity index (χ2v) is 16.3. The van der Waals surface area contributed by atoms with Crippen LogP contribution in [0.3, 0.4) is 0 Å². The normalized spacial score (nSPS) is 13.2. The van der Waals surface area contributed by atoms with Crippen molar-refractivity contribution in [1.82, 2.24) is 0 Å². The molecule has 0 saturated carbocycles. The van der Waals surface area contributed by atoms with Crippen molar-refractivity contribution in [3.63, 3.8) is 0 Å². The minimum Gasteiger partial charge on any atom is -0.0622 e. The van der Waals surface area contributed by atoms with E-state index >= 15 is 0 Å². The van der Waals surface area contributed by atoms with Crippen molar-refractivity contribution in [2.45, 2.75) is 5.41 Å². The summed E-state index contributed by atoms with van der Waals surface area (Å²) in [7, 11) is 0. The number of rotatable bonds is 3. The van der Waals surface area contributed by atoms with E-state index in [9.17, 15) is 0 Å². The Labute approximate surface area is 343 Å². The van der Waals surface area contributed by atoms with Gasteiger partial charge in [0.05, 0.1) is 5.41 Å². The summed E-state index contributed by atoms with van der Waals surface area (Å²) >= 11 is 0. The van der Waals surface area contributed by atoms with Gasteiger partial charge in [-0.25, -0.2) is 0 Å². The standard InChI is InChI=1S/C59H36/c1-2-16-37(17-3-1)38-30-32-39(33-31-38)56-46-24-8-10-26-48(46)57(49-27-11-9-25-47(49)56)50-36-55-58(45-23-7-6-20-42(45)50)51-34-40-18-4-5-19-41(40)35-54(51)59(55)52-28-14-12-21-43(52)44-22-13-15-29-53(44)59/h1-36H. The lowest BCUT2D eigenvalue weighted by Gasteiger charge is -2.31. The molecule has 272 valence electrons. The van der Waals surface area contributed by atoms with Gasteiger partial charge < -0.3 is 0 Å². The van der Waals surface area contributed by atoms with Crippen molar-refractivity contribution < 1.29 is 0 Å². The average molecular weight is 745 g/mol. The van der Waals surface area contributed by atoms with Crippen LogP contribution in [0.4, 0.5) is 0 Å². The first kappa shape index (κ1) is 32.5. The zero-order valence-corrected chi connectivity index (χ0v) is 32.3. The summed E-state index contributed by atoms with van der Waals surface area (Å²) in [6, 6.07) is 81.9. The molecule has 0 atom stereocenters. The number of fused-ring (bicyclic) bond motifs is 15. The Morgan fingerprint density at radius 1 is 0.220 bits per heavy atom. The van der Waals surface area contributed by atoms with Gasteiger partial charge >= 0.3 is 0 Å². The van der Waals surface area contributed by atoms with Crippen LogP contribution in [0.2, 0.25) is 0 Å². The smallest absolute Gasteiger partial charge is 0.0622 e. The zero-order valence-electron chi connectivity index (χ0n) is 32.3. The molecule has 0 heterocycles. The molecule has 2 aliphatic rings. The molecule has 0 fully saturated rings. The van der Waals surface area contributed by atoms with E-state index in [1.54, 1.807) is 0 Å². The molecule has 11 aromatic rings. The highest BCUT2D eigenvalue weighted by Gasteiger charge is 2.52. The van der Waals surface area contributed by atoms with E-state index in [1.165, 1.54) is 121 Å². The van der Waals surface area contributed by atoms with E-state index in [0.29, 0.717) is 0 Å². The summed E-state index contributed by atoms with van der Waals surface area (Å²) in [6.07, 6.45) is 0. The van der Waals surface area contributed by atoms with Crippen LogP contribution >= 0.6 is 0 Å². The van der Waals surface area contributed by atoms with Gasteiger partial charge in [0.2, 0.25) is 0 Å². The molecule has 13 rings (SSSR count). The second-order valence-electron chi connectivity index (χ2n) is 16.3. The molecule has 0 saturated heterocycles. The molecular formula is C59H36. The van der Waals surface area contributed by atoms with Crippen LogP contribution in [0.1, 0.15) is 22.3 Å². The van der Waals surface area contributed by atoms with E-state index in [4.69, 9.17) is 0 Å². The largest absolute Gasteiger partial charge is 0.0726 e. The molecule has 0 bridgehead atoms. The van der Waals surface area contributed by atoms with Crippen LogP contribution in [0.5, 0.6) is 0 Å². The van der Waals surface area contributed by atoms with Gasteiger partial charge in [-0.15, -0.1) is 0 Å². The maximum Gasteiger partial charge on any atom is 0.0726 e. The molecule has 2 aliphatic carbocycles. The van der Waals surface area contributed by atoms with Crippen molar-refractivity contribution in [1.29, 1.82) is 0 Å². The lowest BCUT2D eigenvalue weighted by atomic mass is 9.69. The molecule has 0 nitrogen and oxygen atoms in total. The minimum atomic E-state index is -0.479. The Morgan fingerprint density at radius 2 is 0.661 bits per heavy atom. The van der Waals surface area contributed by atoms with Crippen LogP contribution in [0.15, 0.2) is 218 Å². The van der Waals surface area contributed by atoms with E-state index in [1.807, 2.05) is 0 Å². The van der Waals surface area contributed by atoms with Crippen molar-refractivity contribution >= 4 is 43.1 Å². The number of hydrogen-bond acceptors (Lipinski definition) is 0. The third kappa shape index (κ3) is 4.38. The number of hydrogen-bond donors (Lipinski definition) is 0. The van der Waals surface area contributed by atoms with Crippen LogP contribution in [0, 0.1) is 0 Å². The first-order chi connectivity index (χ1) is 29.3. The van der Waals surface area contributed by atoms with Gasteiger partial charge in [0, 0.05) is 0 Å². The molecule has 1 spiro atoms. The van der Waals surface area contributed by atoms with Gasteiger partial charge in [-0.3, -0.25) is 0 Å². The molecule has 0 unspecified atom stereocenters. The average Bonchev–Trinajstić information content (AvgIpc) is 3.77. The van der Waals surface area contributed by atoms with Crippen molar-refractivity contribution in [3.8, 4) is 55.6 Å². The fourth-order valence-corrected chi connectivity index (χ4v) is 11.1. The van der Waals surface area contributed by atoms with Crippen molar-refractivity contribution in [2.24, 2.45) is 0 Å². The SMILES string of the molecule is c1ccc(-c2ccc(-c3c4ccccc4c(-c4cc5c(c6ccccc46)-c4cc6ccccc6cc4C54c5ccccc5-c5ccccc54)c4ccccc34)cc2)cc1. The van der Waals surface area contributed by atoms with Gasteiger partial charge in [-0.2, -0.15) is 0 Å². The summed E-state index contributed by atoms with van der Waals surface area (Å²) in [4.78, 5) is 0. The van der Waals surface area contributed by atoms with Crippen molar-refractivity contribution in [3.05, 3.63) is 241 Å². The van der Waals surface area contributed by atoms with E-state index in [0.717, 1.165) is 0 Å². The molecule has 0 heteroatoms. The Balaban J connectivity index is 1.16. The van der Waals surface area contributed by atoms with Crippen LogP contribution < -0.4 is 0 Å². The molecule has 0 amide bonds. The summed E-state index contributed by atoms with van der Waals surface area (Å²) in [5.74, 6) is 0. The summed E-state index contributed by atoms with van der Waals surface area (Å²) in [5, 5.41) is 10.2. The lowest BCUT2D eigenvalue weighted by molar-refractivity contribution is 0.796. The summed E-state index contributed by atoms with van der Waals surface area (Å²) < 4.78 is 0. The lowest BCUT2D eigenvalue weighted by Crippen LogP contribution is -2.26. The van der Waals surface area contributed by atoms with Crippen molar-refractivity contribution in [2.75, 3.05) is 0 Å². The van der Waals surface area contributed by atoms with Gasteiger partial charge in [-0.1, -0.05) is 200 Å². The fraction of sp³-hybridized carbons (Fsp3) is 0.0169. The van der Waals surface area contributed by atoms with Gasteiger partial charge in [0.15, 0.2) is 0 Å². The zero-order chi connectivity index (χ0) is 38.7. The van der Waals surface area contributed by atoms with E-state index in [2.05, 4.69) is 218 Å². The Morgan fingerprint density at radius 3 is 1.27 bits per heavy atom. The molecule has 0 aromatic heterocycles. The topological polar surface area (TPSA) is 0 Å². The number of benzene rings is 11. The maximum atomic E-state index is 2.60. The van der Waals surface area contributed by atoms with Gasteiger partial charge in [-0.05, 0) is 139 Å². The fourth-order valence-electron chi connectivity index (χ4n) is 11.1. The second kappa shape index (κ2) is 12.2. The first-order valence-electron chi connectivity index (χ1n) is 20.7. The quantitative estimate of drug-likeness (QED) is 0.158. The Kier molecular flexibility index (Phi) is 6.74. The summed E-state index contributed by atoms with van der Waals surface area (Å²) in [6.45, 7) is 0. The van der Waals surface area contributed by atoms with Crippen LogP contribution in [0.25, 0.3) is 98.7 Å². The van der Waals surface area contributed by atoms with Crippen LogP contribution in [-0.4, -0.2) is 0 Å². The maximum absolute atomic E-state index is 2.60. The predicted octanol–water partition coefficient (Wildman–Crippen LogP) is 15.6. The molecule has 0 radical (unpaired) electrons. The molecular weight excluding hydrogens is 709 g/mol.